The van der Waals surface area contributed by atoms with Gasteiger partial charge in [-0.25, -0.2) is 0 Å². The molecular formula is C26H36. The third kappa shape index (κ3) is 5.22. The number of benzene rings is 2. The second-order valence-corrected chi connectivity index (χ2v) is 8.22. The molecule has 0 saturated carbocycles. The maximum Gasteiger partial charge on any atom is -0.0178 e. The lowest BCUT2D eigenvalue weighted by Crippen LogP contribution is -2.05. The van der Waals surface area contributed by atoms with Crippen LogP contribution in [0.25, 0.3) is 16.3 Å². The molecule has 0 amide bonds. The summed E-state index contributed by atoms with van der Waals surface area (Å²) in [6, 6.07) is 14.1. The predicted molar refractivity (Wildman–Crippen MR) is 117 cm³/mol. The first kappa shape index (κ1) is 19.2. The van der Waals surface area contributed by atoms with Crippen molar-refractivity contribution in [2.75, 3.05) is 0 Å². The first-order chi connectivity index (χ1) is 12.8. The standard InChI is InChI=1S/C26H36/c1-3-5-6-7-8-10-21-11-14-23(15-12-21)25-18-17-24-19-22(9-4-2)13-16-26(24)20-25/h13-14,16-21H,3-12,15H2,1-2H3. The van der Waals surface area contributed by atoms with Gasteiger partial charge < -0.3 is 0 Å². The van der Waals surface area contributed by atoms with Crippen LogP contribution in [-0.4, -0.2) is 0 Å². The highest BCUT2D eigenvalue weighted by molar-refractivity contribution is 5.87. The van der Waals surface area contributed by atoms with Gasteiger partial charge in [0.1, 0.15) is 0 Å². The van der Waals surface area contributed by atoms with E-state index in [1.165, 1.54) is 92.5 Å². The maximum atomic E-state index is 2.53. The summed E-state index contributed by atoms with van der Waals surface area (Å²) in [5, 5.41) is 2.78. The van der Waals surface area contributed by atoms with Crippen LogP contribution < -0.4 is 0 Å². The van der Waals surface area contributed by atoms with Gasteiger partial charge in [-0.3, -0.25) is 0 Å². The Morgan fingerprint density at radius 3 is 2.42 bits per heavy atom. The molecule has 0 saturated heterocycles. The minimum atomic E-state index is 0.928. The van der Waals surface area contributed by atoms with Crippen LogP contribution in [0.15, 0.2) is 42.5 Å². The van der Waals surface area contributed by atoms with E-state index in [0.717, 1.165) is 5.92 Å². The third-order valence-electron chi connectivity index (χ3n) is 6.05. The third-order valence-corrected chi connectivity index (χ3v) is 6.05. The average molecular weight is 349 g/mol. The van der Waals surface area contributed by atoms with Crippen LogP contribution in [0.3, 0.4) is 0 Å². The summed E-state index contributed by atoms with van der Waals surface area (Å²) in [5.74, 6) is 0.928. The van der Waals surface area contributed by atoms with E-state index in [-0.39, 0.29) is 0 Å². The largest absolute Gasteiger partial charge is 0.0804 e. The molecule has 0 fully saturated rings. The quantitative estimate of drug-likeness (QED) is 0.399. The molecule has 2 aromatic carbocycles. The number of fused-ring (bicyclic) bond motifs is 1. The molecule has 0 aliphatic heterocycles. The lowest BCUT2D eigenvalue weighted by Gasteiger charge is -2.22. The van der Waals surface area contributed by atoms with E-state index in [1.54, 1.807) is 5.57 Å². The lowest BCUT2D eigenvalue weighted by molar-refractivity contribution is 0.424. The predicted octanol–water partition coefficient (Wildman–Crippen LogP) is 8.34. The molecule has 1 aliphatic carbocycles. The Kier molecular flexibility index (Phi) is 7.35. The lowest BCUT2D eigenvalue weighted by atomic mass is 9.83. The Bertz CT molecular complexity index is 722. The monoisotopic (exact) mass is 348 g/mol. The summed E-state index contributed by atoms with van der Waals surface area (Å²) in [6.45, 7) is 4.55. The average Bonchev–Trinajstić information content (AvgIpc) is 2.68. The Morgan fingerprint density at radius 1 is 0.846 bits per heavy atom. The number of rotatable bonds is 9. The maximum absolute atomic E-state index is 2.53. The fraction of sp³-hybridized carbons (Fsp3) is 0.538. The molecule has 0 heteroatoms. The summed E-state index contributed by atoms with van der Waals surface area (Å²) >= 11 is 0. The number of allylic oxidation sites excluding steroid dienone is 2. The molecule has 0 bridgehead atoms. The summed E-state index contributed by atoms with van der Waals surface area (Å²) in [4.78, 5) is 0. The van der Waals surface area contributed by atoms with Crippen molar-refractivity contribution in [3.8, 4) is 0 Å². The van der Waals surface area contributed by atoms with Gasteiger partial charge >= 0.3 is 0 Å². The number of unbranched alkanes of at least 4 members (excludes halogenated alkanes) is 4. The second kappa shape index (κ2) is 9.95. The van der Waals surface area contributed by atoms with Crippen molar-refractivity contribution in [2.24, 2.45) is 5.92 Å². The minimum absolute atomic E-state index is 0.928. The molecule has 0 aromatic heterocycles. The van der Waals surface area contributed by atoms with Gasteiger partial charge in [0.05, 0.1) is 0 Å². The molecule has 26 heavy (non-hydrogen) atoms. The Morgan fingerprint density at radius 2 is 1.65 bits per heavy atom. The van der Waals surface area contributed by atoms with Gasteiger partial charge in [0, 0.05) is 0 Å². The normalized spacial score (nSPS) is 17.5. The zero-order valence-electron chi connectivity index (χ0n) is 16.9. The van der Waals surface area contributed by atoms with E-state index in [0.29, 0.717) is 0 Å². The zero-order valence-corrected chi connectivity index (χ0v) is 16.9. The summed E-state index contributed by atoms with van der Waals surface area (Å²) in [5.41, 5.74) is 4.49. The Labute approximate surface area is 160 Å². The van der Waals surface area contributed by atoms with Crippen LogP contribution in [-0.2, 0) is 6.42 Å². The first-order valence-electron chi connectivity index (χ1n) is 11.0. The highest BCUT2D eigenvalue weighted by atomic mass is 14.2. The van der Waals surface area contributed by atoms with E-state index < -0.39 is 0 Å². The molecule has 1 atom stereocenters. The number of hydrogen-bond donors (Lipinski definition) is 0. The molecular weight excluding hydrogens is 312 g/mol. The summed E-state index contributed by atoms with van der Waals surface area (Å²) in [6.07, 6.45) is 17.4. The topological polar surface area (TPSA) is 0 Å². The molecule has 3 rings (SSSR count). The van der Waals surface area contributed by atoms with Crippen molar-refractivity contribution >= 4 is 16.3 Å². The van der Waals surface area contributed by atoms with Crippen LogP contribution in [0.1, 0.15) is 89.2 Å². The fourth-order valence-corrected chi connectivity index (χ4v) is 4.39. The molecule has 2 aromatic rings. The van der Waals surface area contributed by atoms with E-state index in [2.05, 4.69) is 56.3 Å². The fourth-order valence-electron chi connectivity index (χ4n) is 4.39. The van der Waals surface area contributed by atoms with Crippen LogP contribution in [0.4, 0.5) is 0 Å². The van der Waals surface area contributed by atoms with Gasteiger partial charge in [-0.05, 0) is 65.1 Å². The van der Waals surface area contributed by atoms with Crippen LogP contribution in [0, 0.1) is 5.92 Å². The molecule has 0 nitrogen and oxygen atoms in total. The van der Waals surface area contributed by atoms with Crippen molar-refractivity contribution in [2.45, 2.75) is 84.5 Å². The summed E-state index contributed by atoms with van der Waals surface area (Å²) in [7, 11) is 0. The van der Waals surface area contributed by atoms with E-state index in [9.17, 15) is 0 Å². The molecule has 0 N–H and O–H groups in total. The van der Waals surface area contributed by atoms with Gasteiger partial charge in [0.2, 0.25) is 0 Å². The van der Waals surface area contributed by atoms with E-state index >= 15 is 0 Å². The molecule has 1 aliphatic rings. The van der Waals surface area contributed by atoms with Gasteiger partial charge in [0.15, 0.2) is 0 Å². The molecule has 0 radical (unpaired) electrons. The Balaban J connectivity index is 1.58. The molecule has 0 spiro atoms. The van der Waals surface area contributed by atoms with Crippen molar-refractivity contribution < 1.29 is 0 Å². The van der Waals surface area contributed by atoms with Gasteiger partial charge in [-0.1, -0.05) is 95.2 Å². The van der Waals surface area contributed by atoms with E-state index in [1.807, 2.05) is 0 Å². The van der Waals surface area contributed by atoms with Gasteiger partial charge in [-0.15, -0.1) is 0 Å². The van der Waals surface area contributed by atoms with Crippen LogP contribution in [0.2, 0.25) is 0 Å². The van der Waals surface area contributed by atoms with Crippen molar-refractivity contribution in [3.05, 3.63) is 53.6 Å². The van der Waals surface area contributed by atoms with Crippen molar-refractivity contribution in [3.63, 3.8) is 0 Å². The Hall–Kier alpha value is -1.56. The van der Waals surface area contributed by atoms with E-state index in [4.69, 9.17) is 0 Å². The molecule has 0 heterocycles. The smallest absolute Gasteiger partial charge is 0.0178 e. The first-order valence-corrected chi connectivity index (χ1v) is 11.0. The zero-order chi connectivity index (χ0) is 18.2. The minimum Gasteiger partial charge on any atom is -0.0804 e. The van der Waals surface area contributed by atoms with Crippen molar-refractivity contribution in [1.29, 1.82) is 0 Å². The van der Waals surface area contributed by atoms with Gasteiger partial charge in [0.25, 0.3) is 0 Å². The second-order valence-electron chi connectivity index (χ2n) is 8.22. The van der Waals surface area contributed by atoms with Crippen molar-refractivity contribution in [1.82, 2.24) is 0 Å². The molecule has 140 valence electrons. The van der Waals surface area contributed by atoms with Crippen LogP contribution in [0.5, 0.6) is 0 Å². The van der Waals surface area contributed by atoms with Crippen LogP contribution >= 0.6 is 0 Å². The highest BCUT2D eigenvalue weighted by Crippen LogP contribution is 2.34. The van der Waals surface area contributed by atoms with Gasteiger partial charge in [-0.2, -0.15) is 0 Å². The number of hydrogen-bond acceptors (Lipinski definition) is 0. The SMILES string of the molecule is CCCCCCCC1CC=C(c2ccc3cc(CCC)ccc3c2)CC1. The highest BCUT2D eigenvalue weighted by Gasteiger charge is 2.15. The molecule has 1 unspecified atom stereocenters. The summed E-state index contributed by atoms with van der Waals surface area (Å²) < 4.78 is 0. The number of aryl methyl sites for hydroxylation is 1.